The highest BCUT2D eigenvalue weighted by atomic mass is 32.1. The molecule has 0 saturated heterocycles. The quantitative estimate of drug-likeness (QED) is 0.378. The minimum atomic E-state index is -0.773. The molecule has 3 aromatic heterocycles. The van der Waals surface area contributed by atoms with Gasteiger partial charge in [0.25, 0.3) is 0 Å². The van der Waals surface area contributed by atoms with Gasteiger partial charge in [-0.25, -0.2) is 9.97 Å². The maximum Gasteiger partial charge on any atom is 0.359 e. The van der Waals surface area contributed by atoms with E-state index in [9.17, 15) is 20.2 Å². The maximum absolute atomic E-state index is 11.7. The van der Waals surface area contributed by atoms with Crippen molar-refractivity contribution in [3.8, 4) is 21.1 Å². The second-order valence-electron chi connectivity index (χ2n) is 4.60. The molecule has 10 nitrogen and oxygen atoms in total. The van der Waals surface area contributed by atoms with Crippen LogP contribution in [0, 0.1) is 20.2 Å². The van der Waals surface area contributed by atoms with Crippen molar-refractivity contribution >= 4 is 56.8 Å². The number of nitro groups is 2. The fourth-order valence-corrected chi connectivity index (χ4v) is 4.36. The lowest BCUT2D eigenvalue weighted by molar-refractivity contribution is -0.421. The molecule has 0 aliphatic rings. The van der Waals surface area contributed by atoms with Crippen molar-refractivity contribution in [3.05, 3.63) is 43.4 Å². The summed E-state index contributed by atoms with van der Waals surface area (Å²) in [7, 11) is 0. The highest BCUT2D eigenvalue weighted by Crippen LogP contribution is 2.49. The second kappa shape index (κ2) is 5.87. The van der Waals surface area contributed by atoms with Gasteiger partial charge in [0.1, 0.15) is 32.2 Å². The minimum absolute atomic E-state index is 0.00996. The van der Waals surface area contributed by atoms with Crippen LogP contribution in [-0.2, 0) is 0 Å². The van der Waals surface area contributed by atoms with Gasteiger partial charge >= 0.3 is 11.4 Å². The molecule has 4 rings (SSSR count). The smallest absolute Gasteiger partial charge is 0.258 e. The lowest BCUT2D eigenvalue weighted by Crippen LogP contribution is -2.03. The number of rotatable bonds is 4. The zero-order valence-electron chi connectivity index (χ0n) is 11.9. The monoisotopic (exact) mass is 392 g/mol. The van der Waals surface area contributed by atoms with Crippen LogP contribution in [0.1, 0.15) is 0 Å². The summed E-state index contributed by atoms with van der Waals surface area (Å²) in [6.45, 7) is 0. The Bertz CT molecular complexity index is 1020. The molecule has 0 unspecified atom stereocenters. The molecule has 1 aromatic carbocycles. The van der Waals surface area contributed by atoms with E-state index in [1.807, 2.05) is 0 Å². The fourth-order valence-electron chi connectivity index (χ4n) is 2.43. The Kier molecular flexibility index (Phi) is 3.67. The topological polar surface area (TPSA) is 138 Å². The highest BCUT2D eigenvalue weighted by Gasteiger charge is 2.40. The van der Waals surface area contributed by atoms with Gasteiger partial charge in [0.05, 0.1) is 21.6 Å². The standard InChI is InChI=1S/C12H4N6O4S3/c19-17(20)9-5(11-13-1-3-23-11)7-8(16-25-15-7)6(10(9)18(21)22)12-14-2-4-24-12/h1-4H. The van der Waals surface area contributed by atoms with E-state index in [0.29, 0.717) is 0 Å². The summed E-state index contributed by atoms with van der Waals surface area (Å²) in [4.78, 5) is 30.1. The van der Waals surface area contributed by atoms with Crippen molar-refractivity contribution in [2.24, 2.45) is 0 Å². The van der Waals surface area contributed by atoms with Crippen molar-refractivity contribution in [1.82, 2.24) is 18.7 Å². The second-order valence-corrected chi connectivity index (χ2v) is 6.91. The lowest BCUT2D eigenvalue weighted by Gasteiger charge is -2.06. The molecule has 0 aliphatic heterocycles. The van der Waals surface area contributed by atoms with Gasteiger partial charge in [-0.3, -0.25) is 20.2 Å². The SMILES string of the molecule is O=[N+]([O-])c1c([N+](=O)[O-])c(-c2nccs2)c2nsnc2c1-c1nccs1. The third-order valence-corrected chi connectivity index (χ3v) is 5.43. The Balaban J connectivity index is 2.26. The third-order valence-electron chi connectivity index (χ3n) is 3.32. The van der Waals surface area contributed by atoms with Crippen LogP contribution in [0.15, 0.2) is 23.2 Å². The van der Waals surface area contributed by atoms with Crippen molar-refractivity contribution in [3.63, 3.8) is 0 Å². The average molecular weight is 392 g/mol. The number of benzene rings is 1. The molecule has 0 N–H and O–H groups in total. The zero-order chi connectivity index (χ0) is 17.6. The Hall–Kier alpha value is -2.90. The van der Waals surface area contributed by atoms with E-state index in [2.05, 4.69) is 18.7 Å². The van der Waals surface area contributed by atoms with Gasteiger partial charge in [-0.15, -0.1) is 22.7 Å². The largest absolute Gasteiger partial charge is 0.359 e. The van der Waals surface area contributed by atoms with Crippen LogP contribution in [0.2, 0.25) is 0 Å². The van der Waals surface area contributed by atoms with Gasteiger partial charge in [-0.1, -0.05) is 0 Å². The predicted molar refractivity (Wildman–Crippen MR) is 92.9 cm³/mol. The summed E-state index contributed by atoms with van der Waals surface area (Å²) in [5.41, 5.74) is -0.855. The molecule has 0 saturated carbocycles. The summed E-state index contributed by atoms with van der Waals surface area (Å²) < 4.78 is 8.27. The van der Waals surface area contributed by atoms with E-state index in [1.54, 1.807) is 10.8 Å². The number of thiazole rings is 2. The number of nitrogens with zero attached hydrogens (tertiary/aromatic N) is 6. The summed E-state index contributed by atoms with van der Waals surface area (Å²) in [6.07, 6.45) is 2.94. The van der Waals surface area contributed by atoms with Crippen molar-refractivity contribution in [1.29, 1.82) is 0 Å². The van der Waals surface area contributed by atoms with Crippen LogP contribution in [0.5, 0.6) is 0 Å². The Morgan fingerprint density at radius 1 is 0.800 bits per heavy atom. The molecule has 0 spiro atoms. The summed E-state index contributed by atoms with van der Waals surface area (Å²) in [5.74, 6) is 0. The Morgan fingerprint density at radius 2 is 1.24 bits per heavy atom. The molecular weight excluding hydrogens is 388 g/mol. The minimum Gasteiger partial charge on any atom is -0.258 e. The first kappa shape index (κ1) is 15.6. The zero-order valence-corrected chi connectivity index (χ0v) is 14.3. The first-order valence-electron chi connectivity index (χ1n) is 6.50. The molecule has 0 radical (unpaired) electrons. The number of nitro benzene ring substituents is 2. The highest BCUT2D eigenvalue weighted by molar-refractivity contribution is 7.13. The lowest BCUT2D eigenvalue weighted by atomic mass is 10.0. The first-order valence-corrected chi connectivity index (χ1v) is 8.99. The summed E-state index contributed by atoms with van der Waals surface area (Å²) >= 11 is 3.10. The summed E-state index contributed by atoms with van der Waals surface area (Å²) in [6, 6.07) is 0. The molecule has 0 amide bonds. The van der Waals surface area contributed by atoms with Crippen LogP contribution in [0.3, 0.4) is 0 Å². The predicted octanol–water partition coefficient (Wildman–Crippen LogP) is 3.75. The Morgan fingerprint density at radius 3 is 1.56 bits per heavy atom. The third kappa shape index (κ3) is 2.36. The fraction of sp³-hybridized carbons (Fsp3) is 0. The molecule has 13 heteroatoms. The first-order chi connectivity index (χ1) is 12.1. The van der Waals surface area contributed by atoms with Gasteiger partial charge in [0.15, 0.2) is 0 Å². The number of aromatic nitrogens is 4. The number of hydrogen-bond donors (Lipinski definition) is 0. The van der Waals surface area contributed by atoms with Gasteiger partial charge < -0.3 is 0 Å². The molecule has 0 aliphatic carbocycles. The molecule has 0 fully saturated rings. The van der Waals surface area contributed by atoms with E-state index in [-0.39, 0.29) is 32.2 Å². The maximum atomic E-state index is 11.7. The molecule has 3 heterocycles. The van der Waals surface area contributed by atoms with Crippen molar-refractivity contribution < 1.29 is 9.85 Å². The molecule has 0 atom stereocenters. The van der Waals surface area contributed by atoms with Crippen LogP contribution < -0.4 is 0 Å². The van der Waals surface area contributed by atoms with E-state index in [0.717, 1.165) is 34.4 Å². The van der Waals surface area contributed by atoms with Gasteiger partial charge in [-0.05, 0) is 0 Å². The van der Waals surface area contributed by atoms with Crippen LogP contribution >= 0.6 is 34.4 Å². The average Bonchev–Trinajstić information content (AvgIpc) is 3.32. The normalized spacial score (nSPS) is 11.0. The van der Waals surface area contributed by atoms with E-state index >= 15 is 0 Å². The Labute approximate surface area is 150 Å². The molecule has 124 valence electrons. The van der Waals surface area contributed by atoms with Crippen LogP contribution in [-0.4, -0.2) is 28.6 Å². The molecule has 4 aromatic rings. The van der Waals surface area contributed by atoms with Crippen LogP contribution in [0.4, 0.5) is 11.4 Å². The number of fused-ring (bicyclic) bond motifs is 1. The van der Waals surface area contributed by atoms with Gasteiger partial charge in [0.2, 0.25) is 0 Å². The van der Waals surface area contributed by atoms with Crippen molar-refractivity contribution in [2.45, 2.75) is 0 Å². The van der Waals surface area contributed by atoms with Gasteiger partial charge in [-0.2, -0.15) is 8.75 Å². The summed E-state index contributed by atoms with van der Waals surface area (Å²) in [5, 5.41) is 27.3. The van der Waals surface area contributed by atoms with E-state index in [1.165, 1.54) is 12.4 Å². The molecule has 0 bridgehead atoms. The van der Waals surface area contributed by atoms with E-state index in [4.69, 9.17) is 0 Å². The van der Waals surface area contributed by atoms with E-state index < -0.39 is 21.2 Å². The molecular formula is C12H4N6O4S3. The van der Waals surface area contributed by atoms with Gasteiger partial charge in [0, 0.05) is 23.2 Å². The molecule has 25 heavy (non-hydrogen) atoms. The van der Waals surface area contributed by atoms with Crippen LogP contribution in [0.25, 0.3) is 32.2 Å². The number of hydrogen-bond acceptors (Lipinski definition) is 11. The van der Waals surface area contributed by atoms with Crippen molar-refractivity contribution in [2.75, 3.05) is 0 Å².